The number of carbonyl (C=O) groups excluding carboxylic acids is 5. The molecule has 5 aliphatic rings. The van der Waals surface area contributed by atoms with Crippen LogP contribution in [0.2, 0.25) is 0 Å². The molecule has 294 valence electrons. The second kappa shape index (κ2) is 15.9. The van der Waals surface area contributed by atoms with Crippen LogP contribution >= 0.6 is 0 Å². The Kier molecular flexibility index (Phi) is 12.3. The van der Waals surface area contributed by atoms with E-state index < -0.39 is 72.9 Å². The van der Waals surface area contributed by atoms with Gasteiger partial charge in [-0.3, -0.25) is 19.2 Å². The summed E-state index contributed by atoms with van der Waals surface area (Å²) in [6.45, 7) is 10.0. The molecule has 1 aliphatic heterocycles. The van der Waals surface area contributed by atoms with Crippen LogP contribution in [0.25, 0.3) is 0 Å². The SMILES string of the molecule is COC(=O)CC[C@@H](C)[C@H]1CC[C@H]2[C@@H]3[C@H](O)C[C@@H]4C[C@H](O[C@@H]5O[C@H](C(=O)OC)[C@@H](OC(C)=O)C(OC(C)=O)[C@H]5OC(C)=O)CC[C@]4(C)[C@H]3C[C@H](O)[C@]12C. The fraction of sp³-hybridized carbons (Fsp3) is 0.868. The van der Waals surface area contributed by atoms with Gasteiger partial charge in [0.2, 0.25) is 0 Å². The van der Waals surface area contributed by atoms with Gasteiger partial charge in [-0.1, -0.05) is 20.8 Å². The molecule has 16 atom stereocenters. The van der Waals surface area contributed by atoms with Crippen molar-refractivity contribution in [1.29, 1.82) is 0 Å². The number of fused-ring (bicyclic) bond motifs is 5. The predicted molar refractivity (Wildman–Crippen MR) is 181 cm³/mol. The van der Waals surface area contributed by atoms with Crippen LogP contribution in [0.5, 0.6) is 0 Å². The first-order chi connectivity index (χ1) is 24.5. The van der Waals surface area contributed by atoms with Gasteiger partial charge in [0, 0.05) is 27.2 Å². The van der Waals surface area contributed by atoms with Gasteiger partial charge in [0.25, 0.3) is 0 Å². The zero-order valence-corrected chi connectivity index (χ0v) is 31.7. The zero-order valence-electron chi connectivity index (χ0n) is 31.7. The molecule has 0 aromatic rings. The van der Waals surface area contributed by atoms with Crippen molar-refractivity contribution in [2.75, 3.05) is 14.2 Å². The van der Waals surface area contributed by atoms with Gasteiger partial charge < -0.3 is 43.4 Å². The molecule has 0 radical (unpaired) electrons. The molecule has 5 rings (SSSR count). The topological polar surface area (TPSA) is 190 Å². The molecule has 0 amide bonds. The lowest BCUT2D eigenvalue weighted by molar-refractivity contribution is -0.316. The van der Waals surface area contributed by atoms with Gasteiger partial charge >= 0.3 is 29.8 Å². The Hall–Kier alpha value is -2.81. The summed E-state index contributed by atoms with van der Waals surface area (Å²) < 4.78 is 38.8. The lowest BCUT2D eigenvalue weighted by atomic mass is 9.43. The molecule has 14 heteroatoms. The number of aliphatic hydroxyl groups is 2. The van der Waals surface area contributed by atoms with Crippen LogP contribution in [0.3, 0.4) is 0 Å². The summed E-state index contributed by atoms with van der Waals surface area (Å²) in [5, 5.41) is 23.9. The molecule has 14 nitrogen and oxygen atoms in total. The average Bonchev–Trinajstić information content (AvgIpc) is 3.44. The van der Waals surface area contributed by atoms with E-state index in [1.807, 2.05) is 0 Å². The third kappa shape index (κ3) is 7.59. The molecule has 0 aromatic carbocycles. The highest BCUT2D eigenvalue weighted by molar-refractivity contribution is 5.77. The maximum absolute atomic E-state index is 12.9. The maximum atomic E-state index is 12.9. The second-order valence-electron chi connectivity index (χ2n) is 16.4. The first-order valence-corrected chi connectivity index (χ1v) is 18.8. The highest BCUT2D eigenvalue weighted by Gasteiger charge is 2.66. The molecular formula is C38H58O14. The van der Waals surface area contributed by atoms with Crippen LogP contribution in [0.15, 0.2) is 0 Å². The third-order valence-electron chi connectivity index (χ3n) is 13.7. The smallest absolute Gasteiger partial charge is 0.339 e. The number of aliphatic hydroxyl groups excluding tert-OH is 2. The summed E-state index contributed by atoms with van der Waals surface area (Å²) in [6, 6.07) is 0. The monoisotopic (exact) mass is 738 g/mol. The second-order valence-corrected chi connectivity index (χ2v) is 16.4. The largest absolute Gasteiger partial charge is 0.469 e. The van der Waals surface area contributed by atoms with Crippen molar-refractivity contribution in [1.82, 2.24) is 0 Å². The molecule has 1 saturated heterocycles. The molecule has 4 aliphatic carbocycles. The van der Waals surface area contributed by atoms with Gasteiger partial charge in [-0.2, -0.15) is 0 Å². The molecular weight excluding hydrogens is 680 g/mol. The Bertz CT molecular complexity index is 1350. The van der Waals surface area contributed by atoms with Crippen LogP contribution < -0.4 is 0 Å². The molecule has 2 N–H and O–H groups in total. The number of hydrogen-bond acceptors (Lipinski definition) is 14. The lowest BCUT2D eigenvalue weighted by Crippen LogP contribution is -2.65. The molecule has 0 bridgehead atoms. The number of carbonyl (C=O) groups is 5. The van der Waals surface area contributed by atoms with Crippen molar-refractivity contribution in [2.24, 2.45) is 46.3 Å². The normalized spacial score (nSPS) is 43.1. The van der Waals surface area contributed by atoms with Gasteiger partial charge in [0.1, 0.15) is 0 Å². The van der Waals surface area contributed by atoms with Crippen LogP contribution in [0, 0.1) is 46.3 Å². The summed E-state index contributed by atoms with van der Waals surface area (Å²) in [4.78, 5) is 61.4. The van der Waals surface area contributed by atoms with Gasteiger partial charge in [0.15, 0.2) is 30.7 Å². The Morgan fingerprint density at radius 2 is 1.44 bits per heavy atom. The van der Waals surface area contributed by atoms with Crippen molar-refractivity contribution in [2.45, 2.75) is 148 Å². The summed E-state index contributed by atoms with van der Waals surface area (Å²) in [7, 11) is 2.53. The van der Waals surface area contributed by atoms with Crippen LogP contribution in [0.1, 0.15) is 99.3 Å². The number of hydrogen-bond donors (Lipinski definition) is 2. The minimum atomic E-state index is -1.54. The average molecular weight is 739 g/mol. The van der Waals surface area contributed by atoms with Gasteiger partial charge in [-0.15, -0.1) is 0 Å². The zero-order chi connectivity index (χ0) is 38.3. The van der Waals surface area contributed by atoms with Gasteiger partial charge in [0.05, 0.1) is 32.5 Å². The molecule has 5 fully saturated rings. The van der Waals surface area contributed by atoms with E-state index in [0.29, 0.717) is 38.5 Å². The molecule has 4 saturated carbocycles. The van der Waals surface area contributed by atoms with Crippen LogP contribution in [-0.4, -0.2) is 103 Å². The van der Waals surface area contributed by atoms with Crippen LogP contribution in [0.4, 0.5) is 0 Å². The Balaban J connectivity index is 1.35. The van der Waals surface area contributed by atoms with E-state index in [1.165, 1.54) is 14.0 Å². The number of methoxy groups -OCH3 is 2. The fourth-order valence-electron chi connectivity index (χ4n) is 11.3. The Morgan fingerprint density at radius 3 is 2.06 bits per heavy atom. The van der Waals surface area contributed by atoms with E-state index in [1.54, 1.807) is 0 Å². The molecule has 0 aromatic heterocycles. The molecule has 0 spiro atoms. The highest BCUT2D eigenvalue weighted by Crippen LogP contribution is 2.68. The minimum absolute atomic E-state index is 0.0282. The van der Waals surface area contributed by atoms with Crippen molar-refractivity contribution in [3.05, 3.63) is 0 Å². The first-order valence-electron chi connectivity index (χ1n) is 18.8. The number of esters is 5. The van der Waals surface area contributed by atoms with Crippen LogP contribution in [-0.2, 0) is 57.1 Å². The standard InChI is InChI=1S/C38H58O14/c1-18(9-12-29(44)46-7)24-10-11-25-30-26(17-28(43)38(24,25)6)37(5)14-13-23(15-22(37)16-27(30)42)51-36-34(50-21(4)41)32(49-20(3)40)31(48-19(2)39)33(52-36)35(45)47-8/h18,22-28,30-34,36,42-43H,9-17H2,1-8H3/t18-,22+,23-,24-,25+,26+,27-,28+,30+,31+,32?,33+,34-,36-,37+,38-/m1/s1. The highest BCUT2D eigenvalue weighted by atomic mass is 16.7. The minimum Gasteiger partial charge on any atom is -0.469 e. The van der Waals surface area contributed by atoms with E-state index in [4.69, 9.17) is 33.2 Å². The molecule has 52 heavy (non-hydrogen) atoms. The van der Waals surface area contributed by atoms with E-state index in [9.17, 15) is 34.2 Å². The number of ether oxygens (including phenoxy) is 7. The maximum Gasteiger partial charge on any atom is 0.339 e. The van der Waals surface area contributed by atoms with Crippen molar-refractivity contribution >= 4 is 29.8 Å². The summed E-state index contributed by atoms with van der Waals surface area (Å²) >= 11 is 0. The summed E-state index contributed by atoms with van der Waals surface area (Å²) in [5.74, 6) is -2.67. The molecule has 1 heterocycles. The Labute approximate surface area is 305 Å². The third-order valence-corrected chi connectivity index (χ3v) is 13.7. The number of rotatable bonds is 10. The van der Waals surface area contributed by atoms with E-state index >= 15 is 0 Å². The fourth-order valence-corrected chi connectivity index (χ4v) is 11.3. The van der Waals surface area contributed by atoms with Crippen molar-refractivity contribution < 1.29 is 67.3 Å². The van der Waals surface area contributed by atoms with E-state index in [0.717, 1.165) is 40.2 Å². The summed E-state index contributed by atoms with van der Waals surface area (Å²) in [5.41, 5.74) is -0.567. The first kappa shape index (κ1) is 40.4. The predicted octanol–water partition coefficient (Wildman–Crippen LogP) is 3.25. The van der Waals surface area contributed by atoms with Gasteiger partial charge in [-0.25, -0.2) is 4.79 Å². The summed E-state index contributed by atoms with van der Waals surface area (Å²) in [6.07, 6.45) is -2.92. The Morgan fingerprint density at radius 1 is 0.808 bits per heavy atom. The van der Waals surface area contributed by atoms with Crippen molar-refractivity contribution in [3.8, 4) is 0 Å². The van der Waals surface area contributed by atoms with Crippen molar-refractivity contribution in [3.63, 3.8) is 0 Å². The molecule has 1 unspecified atom stereocenters. The van der Waals surface area contributed by atoms with E-state index in [2.05, 4.69) is 20.8 Å². The van der Waals surface area contributed by atoms with E-state index in [-0.39, 0.29) is 52.3 Å². The lowest BCUT2D eigenvalue weighted by Gasteiger charge is -2.63. The van der Waals surface area contributed by atoms with Gasteiger partial charge in [-0.05, 0) is 97.7 Å². The quantitative estimate of drug-likeness (QED) is 0.189.